The minimum atomic E-state index is -1.30. The molecule has 3 aromatic rings. The lowest BCUT2D eigenvalue weighted by atomic mass is 9.55. The van der Waals surface area contributed by atoms with E-state index in [9.17, 15) is 14.4 Å². The lowest BCUT2D eigenvalue weighted by Gasteiger charge is -2.53. The summed E-state index contributed by atoms with van der Waals surface area (Å²) >= 11 is 4.18. The third kappa shape index (κ3) is 6.56. The molecule has 4 fully saturated rings. The van der Waals surface area contributed by atoms with E-state index in [1.165, 1.54) is 6.42 Å². The van der Waals surface area contributed by atoms with E-state index in [1.54, 1.807) is 6.92 Å². The largest absolute Gasteiger partial charge is 0.446 e. The van der Waals surface area contributed by atoms with Crippen LogP contribution in [0.2, 0.25) is 0 Å². The van der Waals surface area contributed by atoms with Gasteiger partial charge < -0.3 is 25.7 Å². The SMILES string of the molecule is C[C@](Cc1c[nH]c2ccccc12)(NC(=O)OC1C2CC3CC(C2)CC1C3)C(=O)NC[C@H](NC(=O)CCS)c1ccccc1. The number of amides is 3. The number of thiol groups is 1. The number of hydrogen-bond acceptors (Lipinski definition) is 5. The molecule has 2 aromatic carbocycles. The van der Waals surface area contributed by atoms with Crippen LogP contribution in [0, 0.1) is 23.7 Å². The first-order valence-electron chi connectivity index (χ1n) is 15.6. The molecule has 0 unspecified atom stereocenters. The Morgan fingerprint density at radius 2 is 1.65 bits per heavy atom. The summed E-state index contributed by atoms with van der Waals surface area (Å²) in [4.78, 5) is 43.3. The summed E-state index contributed by atoms with van der Waals surface area (Å²) in [5, 5.41) is 10.0. The van der Waals surface area contributed by atoms with Crippen LogP contribution in [0.3, 0.4) is 0 Å². The zero-order valence-corrected chi connectivity index (χ0v) is 25.6. The molecule has 1 heterocycles. The molecule has 7 rings (SSSR count). The Bertz CT molecular complexity index is 1430. The fraction of sp³-hybridized carbons (Fsp3) is 0.500. The van der Waals surface area contributed by atoms with Gasteiger partial charge in [-0.3, -0.25) is 9.59 Å². The minimum Gasteiger partial charge on any atom is -0.446 e. The van der Waals surface area contributed by atoms with Crippen LogP contribution in [0.15, 0.2) is 60.8 Å². The van der Waals surface area contributed by atoms with Gasteiger partial charge >= 0.3 is 6.09 Å². The number of hydrogen-bond donors (Lipinski definition) is 5. The molecule has 0 spiro atoms. The van der Waals surface area contributed by atoms with Gasteiger partial charge in [-0.2, -0.15) is 12.6 Å². The molecule has 3 amide bonds. The molecule has 4 bridgehead atoms. The van der Waals surface area contributed by atoms with Crippen LogP contribution in [-0.4, -0.2) is 46.8 Å². The fourth-order valence-corrected chi connectivity index (χ4v) is 8.18. The van der Waals surface area contributed by atoms with Crippen LogP contribution in [0.1, 0.15) is 62.6 Å². The van der Waals surface area contributed by atoms with Crippen LogP contribution < -0.4 is 16.0 Å². The van der Waals surface area contributed by atoms with Gasteiger partial charge in [0.1, 0.15) is 11.6 Å². The first-order valence-corrected chi connectivity index (χ1v) is 16.2. The van der Waals surface area contributed by atoms with Gasteiger partial charge in [0.2, 0.25) is 11.8 Å². The second-order valence-corrected chi connectivity index (χ2v) is 13.5. The van der Waals surface area contributed by atoms with Gasteiger partial charge in [0.05, 0.1) is 6.04 Å². The topological polar surface area (TPSA) is 112 Å². The molecule has 9 heteroatoms. The highest BCUT2D eigenvalue weighted by Gasteiger charge is 2.50. The summed E-state index contributed by atoms with van der Waals surface area (Å²) in [5.74, 6) is 2.33. The van der Waals surface area contributed by atoms with Crippen molar-refractivity contribution in [2.75, 3.05) is 12.3 Å². The Labute approximate surface area is 258 Å². The van der Waals surface area contributed by atoms with Crippen molar-refractivity contribution in [1.29, 1.82) is 0 Å². The summed E-state index contributed by atoms with van der Waals surface area (Å²) in [6.07, 6.45) is 7.68. The molecule has 8 nitrogen and oxygen atoms in total. The Kier molecular flexibility index (Phi) is 8.71. The standard InChI is InChI=1S/C34H42N4O4S/c1-34(18-26-19-35-28-10-6-5-9-27(26)28,38-33(41)42-31-24-14-21-13-22(16-24)17-25(31)15-21)32(40)36-20-29(37-30(39)11-12-43)23-7-3-2-4-8-23/h2-10,19,21-22,24-25,29,31,35,43H,11-18,20H2,1H3,(H,36,40)(H,37,39)(H,38,41)/t21?,22?,24?,25?,29-,31?,34+/m0/s1. The van der Waals surface area contributed by atoms with E-state index >= 15 is 0 Å². The normalized spacial score (nSPS) is 26.0. The summed E-state index contributed by atoms with van der Waals surface area (Å²) in [5.41, 5.74) is 1.46. The van der Waals surface area contributed by atoms with Crippen molar-refractivity contribution < 1.29 is 19.1 Å². The second-order valence-electron chi connectivity index (χ2n) is 13.0. The number of para-hydroxylation sites is 1. The predicted octanol–water partition coefficient (Wildman–Crippen LogP) is 5.31. The van der Waals surface area contributed by atoms with Crippen LogP contribution in [0.5, 0.6) is 0 Å². The summed E-state index contributed by atoms with van der Waals surface area (Å²) < 4.78 is 6.15. The maximum Gasteiger partial charge on any atom is 0.408 e. The number of rotatable bonds is 11. The molecule has 4 N–H and O–H groups in total. The molecular formula is C34H42N4O4S. The zero-order valence-electron chi connectivity index (χ0n) is 24.7. The molecule has 4 saturated carbocycles. The van der Waals surface area contributed by atoms with Crippen molar-refractivity contribution in [3.8, 4) is 0 Å². The Morgan fingerprint density at radius 3 is 2.35 bits per heavy atom. The van der Waals surface area contributed by atoms with Gasteiger partial charge in [0, 0.05) is 36.5 Å². The Morgan fingerprint density at radius 1 is 0.977 bits per heavy atom. The summed E-state index contributed by atoms with van der Waals surface area (Å²) in [6.45, 7) is 1.91. The van der Waals surface area contributed by atoms with Crippen molar-refractivity contribution >= 4 is 41.4 Å². The first kappa shape index (κ1) is 29.6. The Balaban J connectivity index is 1.20. The fourth-order valence-electron chi connectivity index (χ4n) is 7.98. The van der Waals surface area contributed by atoms with E-state index in [0.29, 0.717) is 17.6 Å². The van der Waals surface area contributed by atoms with Crippen molar-refractivity contribution in [2.24, 2.45) is 23.7 Å². The number of fused-ring (bicyclic) bond motifs is 1. The van der Waals surface area contributed by atoms with Crippen molar-refractivity contribution in [1.82, 2.24) is 20.9 Å². The number of carbonyl (C=O) groups is 3. The van der Waals surface area contributed by atoms with Crippen molar-refractivity contribution in [3.63, 3.8) is 0 Å². The van der Waals surface area contributed by atoms with E-state index in [2.05, 4.69) is 33.6 Å². The summed E-state index contributed by atoms with van der Waals surface area (Å²) in [6, 6.07) is 17.0. The lowest BCUT2D eigenvalue weighted by Crippen LogP contribution is -2.60. The van der Waals surface area contributed by atoms with Crippen molar-refractivity contribution in [3.05, 3.63) is 71.9 Å². The molecule has 0 saturated heterocycles. The van der Waals surface area contributed by atoms with Gasteiger partial charge in [-0.1, -0.05) is 48.5 Å². The van der Waals surface area contributed by atoms with E-state index < -0.39 is 17.7 Å². The van der Waals surface area contributed by atoms with E-state index in [1.807, 2.05) is 60.8 Å². The average Bonchev–Trinajstić information content (AvgIpc) is 3.39. The predicted molar refractivity (Wildman–Crippen MR) is 170 cm³/mol. The number of ether oxygens (including phenoxy) is 1. The smallest absolute Gasteiger partial charge is 0.408 e. The van der Waals surface area contributed by atoms with Crippen molar-refractivity contribution in [2.45, 2.75) is 69.6 Å². The molecular weight excluding hydrogens is 560 g/mol. The van der Waals surface area contributed by atoms with Gasteiger partial charge in [-0.05, 0) is 85.6 Å². The van der Waals surface area contributed by atoms with Gasteiger partial charge in [-0.25, -0.2) is 4.79 Å². The van der Waals surface area contributed by atoms with Gasteiger partial charge in [0.25, 0.3) is 0 Å². The quantitative estimate of drug-likeness (QED) is 0.192. The third-order valence-corrected chi connectivity index (χ3v) is 10.0. The number of nitrogens with one attached hydrogen (secondary N) is 4. The van der Waals surface area contributed by atoms with E-state index in [0.717, 1.165) is 59.5 Å². The van der Waals surface area contributed by atoms with Crippen LogP contribution in [-0.2, 0) is 20.7 Å². The lowest BCUT2D eigenvalue weighted by molar-refractivity contribution is -0.128. The molecule has 228 valence electrons. The van der Waals surface area contributed by atoms with Crippen LogP contribution in [0.25, 0.3) is 10.9 Å². The highest BCUT2D eigenvalue weighted by atomic mass is 32.1. The average molecular weight is 603 g/mol. The zero-order chi connectivity index (χ0) is 30.0. The summed E-state index contributed by atoms with van der Waals surface area (Å²) in [7, 11) is 0. The van der Waals surface area contributed by atoms with E-state index in [-0.39, 0.29) is 37.3 Å². The monoisotopic (exact) mass is 602 g/mol. The number of aromatic nitrogens is 1. The number of alkyl carbamates (subject to hydrolysis) is 1. The van der Waals surface area contributed by atoms with E-state index in [4.69, 9.17) is 4.74 Å². The van der Waals surface area contributed by atoms with Gasteiger partial charge in [-0.15, -0.1) is 0 Å². The second kappa shape index (κ2) is 12.6. The van der Waals surface area contributed by atoms with Crippen LogP contribution >= 0.6 is 12.6 Å². The van der Waals surface area contributed by atoms with Gasteiger partial charge in [0.15, 0.2) is 0 Å². The first-order chi connectivity index (χ1) is 20.8. The number of carbonyl (C=O) groups excluding carboxylic acids is 3. The highest BCUT2D eigenvalue weighted by Crippen LogP contribution is 2.54. The molecule has 0 aliphatic heterocycles. The maximum absolute atomic E-state index is 14.0. The molecule has 43 heavy (non-hydrogen) atoms. The number of H-pyrrole nitrogens is 1. The molecule has 4 aliphatic carbocycles. The highest BCUT2D eigenvalue weighted by molar-refractivity contribution is 7.80. The number of aromatic amines is 1. The maximum atomic E-state index is 14.0. The van der Waals surface area contributed by atoms with Crippen LogP contribution in [0.4, 0.5) is 4.79 Å². The number of benzene rings is 2. The molecule has 4 aliphatic rings. The molecule has 0 radical (unpaired) electrons. The Hall–Kier alpha value is -3.46. The third-order valence-electron chi connectivity index (χ3n) is 9.82. The molecule has 2 atom stereocenters. The minimum absolute atomic E-state index is 0.0855. The molecule has 1 aromatic heterocycles.